The summed E-state index contributed by atoms with van der Waals surface area (Å²) in [6.07, 6.45) is 5.89. The van der Waals surface area contributed by atoms with Crippen molar-refractivity contribution >= 4 is 28.5 Å². The molecule has 0 aliphatic heterocycles. The van der Waals surface area contributed by atoms with Gasteiger partial charge in [0, 0.05) is 49.2 Å². The molecule has 1 N–H and O–H groups in total. The third kappa shape index (κ3) is 9.48. The topological polar surface area (TPSA) is 58.1 Å². The Balaban J connectivity index is 0.000000500. The van der Waals surface area contributed by atoms with Gasteiger partial charge in [0.2, 0.25) is 5.92 Å². The van der Waals surface area contributed by atoms with Crippen LogP contribution in [0.5, 0.6) is 0 Å². The standard InChI is InChI=1S/C21H21N3O.C7H14F2.C2H6/c1-4-16(13-22-3)17-7-5-15(6-8-17)11-21-19-12-18(14(2)25)9-10-20(19)23-24-21;1-3-5-7(8,9)6-4-2;1-2/h4-10,12-13H,11H2,1-3H3,(H,23,24);3-6H2,1-2H3;1-2H3/b16-4+,22-13?;;. The van der Waals surface area contributed by atoms with E-state index >= 15 is 0 Å². The maximum absolute atomic E-state index is 12.4. The van der Waals surface area contributed by atoms with E-state index in [2.05, 4.69) is 39.5 Å². The number of hydrogen-bond acceptors (Lipinski definition) is 3. The van der Waals surface area contributed by atoms with Crippen molar-refractivity contribution in [3.63, 3.8) is 0 Å². The molecule has 2 aromatic carbocycles. The van der Waals surface area contributed by atoms with E-state index in [4.69, 9.17) is 0 Å². The molecule has 3 rings (SSSR count). The Morgan fingerprint density at radius 3 is 2.11 bits per heavy atom. The predicted molar refractivity (Wildman–Crippen MR) is 150 cm³/mol. The number of nitrogens with zero attached hydrogens (tertiary/aromatic N) is 2. The van der Waals surface area contributed by atoms with Gasteiger partial charge in [-0.3, -0.25) is 14.9 Å². The minimum atomic E-state index is -2.40. The van der Waals surface area contributed by atoms with Gasteiger partial charge in [0.1, 0.15) is 0 Å². The van der Waals surface area contributed by atoms with Gasteiger partial charge in [0.05, 0.1) is 5.52 Å². The Morgan fingerprint density at radius 1 is 1.03 bits per heavy atom. The van der Waals surface area contributed by atoms with Crippen LogP contribution in [0, 0.1) is 0 Å². The zero-order valence-corrected chi connectivity index (χ0v) is 22.8. The van der Waals surface area contributed by atoms with Crippen molar-refractivity contribution in [3.8, 4) is 0 Å². The average molecular weight is 498 g/mol. The van der Waals surface area contributed by atoms with Gasteiger partial charge < -0.3 is 0 Å². The molecule has 0 aliphatic carbocycles. The Labute approximate surface area is 214 Å². The van der Waals surface area contributed by atoms with E-state index in [0.29, 0.717) is 18.4 Å². The number of allylic oxidation sites excluding steroid dienone is 2. The van der Waals surface area contributed by atoms with Crippen LogP contribution >= 0.6 is 0 Å². The number of benzene rings is 2. The second kappa shape index (κ2) is 15.8. The number of carbonyl (C=O) groups is 1. The van der Waals surface area contributed by atoms with E-state index in [9.17, 15) is 13.6 Å². The fourth-order valence-electron chi connectivity index (χ4n) is 3.75. The largest absolute Gasteiger partial charge is 0.296 e. The highest BCUT2D eigenvalue weighted by Gasteiger charge is 2.25. The lowest BCUT2D eigenvalue weighted by atomic mass is 10.0. The van der Waals surface area contributed by atoms with Gasteiger partial charge in [0.15, 0.2) is 5.78 Å². The van der Waals surface area contributed by atoms with Gasteiger partial charge in [-0.1, -0.05) is 70.9 Å². The zero-order chi connectivity index (χ0) is 27.1. The molecule has 36 heavy (non-hydrogen) atoms. The third-order valence-electron chi connectivity index (χ3n) is 5.52. The lowest BCUT2D eigenvalue weighted by Gasteiger charge is -2.12. The number of Topliss-reactive ketones (excluding diaryl/α,β-unsaturated/α-hetero) is 1. The minimum Gasteiger partial charge on any atom is -0.296 e. The first-order chi connectivity index (χ1) is 17.2. The molecule has 0 unspecified atom stereocenters. The number of H-pyrrole nitrogens is 1. The molecular weight excluding hydrogens is 456 g/mol. The van der Waals surface area contributed by atoms with Gasteiger partial charge in [-0.15, -0.1) is 0 Å². The molecule has 196 valence electrons. The number of ketones is 1. The monoisotopic (exact) mass is 497 g/mol. The lowest BCUT2D eigenvalue weighted by Crippen LogP contribution is -2.14. The molecule has 1 heterocycles. The van der Waals surface area contributed by atoms with Crippen LogP contribution in [-0.4, -0.2) is 35.2 Å². The number of carbonyl (C=O) groups excluding carboxylic acids is 1. The molecule has 0 amide bonds. The molecule has 0 saturated heterocycles. The Bertz CT molecular complexity index is 1120. The maximum Gasteiger partial charge on any atom is 0.248 e. The fourth-order valence-corrected chi connectivity index (χ4v) is 3.75. The predicted octanol–water partition coefficient (Wildman–Crippen LogP) is 8.71. The van der Waals surface area contributed by atoms with Gasteiger partial charge >= 0.3 is 0 Å². The molecule has 0 aliphatic rings. The molecule has 4 nitrogen and oxygen atoms in total. The van der Waals surface area contributed by atoms with Crippen molar-refractivity contribution in [2.75, 3.05) is 7.05 Å². The van der Waals surface area contributed by atoms with Gasteiger partial charge in [-0.05, 0) is 48.7 Å². The molecule has 0 bridgehead atoms. The first-order valence-corrected chi connectivity index (χ1v) is 12.8. The van der Waals surface area contributed by atoms with Crippen LogP contribution in [0.2, 0.25) is 0 Å². The maximum atomic E-state index is 12.4. The average Bonchev–Trinajstić information content (AvgIpc) is 3.26. The quantitative estimate of drug-likeness (QED) is 0.237. The second-order valence-electron chi connectivity index (χ2n) is 8.35. The summed E-state index contributed by atoms with van der Waals surface area (Å²) < 4.78 is 24.8. The Morgan fingerprint density at radius 2 is 1.61 bits per heavy atom. The van der Waals surface area contributed by atoms with E-state index in [1.54, 1.807) is 27.8 Å². The van der Waals surface area contributed by atoms with E-state index in [-0.39, 0.29) is 18.6 Å². The molecule has 3 aromatic rings. The highest BCUT2D eigenvalue weighted by atomic mass is 19.3. The van der Waals surface area contributed by atoms with Crippen molar-refractivity contribution in [2.24, 2.45) is 4.99 Å². The van der Waals surface area contributed by atoms with Crippen molar-refractivity contribution in [3.05, 3.63) is 70.9 Å². The summed E-state index contributed by atoms with van der Waals surface area (Å²) in [6, 6.07) is 14.1. The fraction of sp³-hybridized carbons (Fsp3) is 0.433. The summed E-state index contributed by atoms with van der Waals surface area (Å²) in [4.78, 5) is 15.7. The molecule has 0 fully saturated rings. The second-order valence-corrected chi connectivity index (χ2v) is 8.35. The molecule has 1 aromatic heterocycles. The van der Waals surface area contributed by atoms with E-state index in [0.717, 1.165) is 34.2 Å². The van der Waals surface area contributed by atoms with E-state index in [1.165, 1.54) is 5.56 Å². The normalized spacial score (nSPS) is 11.6. The number of aromatic nitrogens is 2. The number of alkyl halides is 2. The Kier molecular flexibility index (Phi) is 13.5. The summed E-state index contributed by atoms with van der Waals surface area (Å²) in [5.41, 5.74) is 6.05. The number of nitrogens with one attached hydrogen (secondary N) is 1. The molecular formula is C30H41F2N3O. The first kappa shape index (κ1) is 30.9. The van der Waals surface area contributed by atoms with Crippen LogP contribution in [0.1, 0.15) is 94.4 Å². The summed E-state index contributed by atoms with van der Waals surface area (Å²) in [6.45, 7) is 11.2. The highest BCUT2D eigenvalue weighted by molar-refractivity contribution is 6.09. The molecule has 0 saturated carbocycles. The summed E-state index contributed by atoms with van der Waals surface area (Å²) in [5.74, 6) is -2.33. The zero-order valence-electron chi connectivity index (χ0n) is 22.8. The summed E-state index contributed by atoms with van der Waals surface area (Å²) in [5, 5.41) is 8.44. The number of halogens is 2. The molecule has 6 heteroatoms. The van der Waals surface area contributed by atoms with Crippen LogP contribution in [0.4, 0.5) is 8.78 Å². The van der Waals surface area contributed by atoms with Crippen molar-refractivity contribution in [2.45, 2.75) is 79.6 Å². The smallest absolute Gasteiger partial charge is 0.248 e. The van der Waals surface area contributed by atoms with Crippen LogP contribution in [0.3, 0.4) is 0 Å². The highest BCUT2D eigenvalue weighted by Crippen LogP contribution is 2.25. The number of fused-ring (bicyclic) bond motifs is 1. The van der Waals surface area contributed by atoms with Gasteiger partial charge in [-0.25, -0.2) is 8.78 Å². The Hall–Kier alpha value is -3.15. The van der Waals surface area contributed by atoms with Crippen LogP contribution in [-0.2, 0) is 6.42 Å². The minimum absolute atomic E-state index is 0.0425. The van der Waals surface area contributed by atoms with Crippen molar-refractivity contribution < 1.29 is 13.6 Å². The van der Waals surface area contributed by atoms with Crippen LogP contribution < -0.4 is 0 Å². The number of hydrogen-bond donors (Lipinski definition) is 1. The van der Waals surface area contributed by atoms with Crippen molar-refractivity contribution in [1.29, 1.82) is 0 Å². The third-order valence-corrected chi connectivity index (χ3v) is 5.52. The van der Waals surface area contributed by atoms with Crippen LogP contribution in [0.25, 0.3) is 16.5 Å². The number of aliphatic imine (C=N–C) groups is 1. The molecule has 0 radical (unpaired) electrons. The SMILES string of the molecule is C/C=C(\C=NC)c1ccc(Cc2[nH]nc3ccc(C(C)=O)cc23)cc1.CC.CCCC(F)(F)CCC. The lowest BCUT2D eigenvalue weighted by molar-refractivity contribution is -0.0173. The molecule has 0 atom stereocenters. The molecule has 0 spiro atoms. The van der Waals surface area contributed by atoms with Gasteiger partial charge in [-0.2, -0.15) is 5.10 Å². The number of rotatable bonds is 9. The first-order valence-electron chi connectivity index (χ1n) is 12.8. The number of aromatic amines is 1. The summed E-state index contributed by atoms with van der Waals surface area (Å²) >= 11 is 0. The summed E-state index contributed by atoms with van der Waals surface area (Å²) in [7, 11) is 1.77. The van der Waals surface area contributed by atoms with Crippen molar-refractivity contribution in [1.82, 2.24) is 10.2 Å². The van der Waals surface area contributed by atoms with E-state index in [1.807, 2.05) is 51.3 Å². The van der Waals surface area contributed by atoms with Crippen LogP contribution in [0.15, 0.2) is 53.5 Å². The van der Waals surface area contributed by atoms with Gasteiger partial charge in [0.25, 0.3) is 0 Å². The van der Waals surface area contributed by atoms with E-state index < -0.39 is 5.92 Å².